The van der Waals surface area contributed by atoms with Crippen LogP contribution < -0.4 is 0 Å². The second-order valence-corrected chi connectivity index (χ2v) is 5.76. The first-order valence-corrected chi connectivity index (χ1v) is 7.42. The molecule has 23 heavy (non-hydrogen) atoms. The fourth-order valence-electron chi connectivity index (χ4n) is 2.38. The van der Waals surface area contributed by atoms with Crippen LogP contribution in [0, 0.1) is 0 Å². The smallest absolute Gasteiger partial charge is 0.375 e. The topological polar surface area (TPSA) is 38.8 Å². The Morgan fingerprint density at radius 3 is 2.57 bits per heavy atom. The van der Waals surface area contributed by atoms with E-state index >= 15 is 0 Å². The van der Waals surface area contributed by atoms with Gasteiger partial charge in [-0.25, -0.2) is 0 Å². The zero-order valence-electron chi connectivity index (χ0n) is 13.1. The minimum Gasteiger partial charge on any atom is -0.375 e. The monoisotopic (exact) mass is 331 g/mol. The Kier molecular flexibility index (Phi) is 5.64. The number of hydrogen-bond donors (Lipinski definition) is 0. The number of morpholine rings is 1. The third kappa shape index (κ3) is 5.21. The van der Waals surface area contributed by atoms with Crippen LogP contribution in [0.1, 0.15) is 29.8 Å². The third-order valence-corrected chi connectivity index (χ3v) is 3.60. The van der Waals surface area contributed by atoms with E-state index in [1.54, 1.807) is 29.2 Å². The molecule has 128 valence electrons. The van der Waals surface area contributed by atoms with Crippen molar-refractivity contribution in [3.8, 4) is 0 Å². The molecule has 1 aliphatic rings. The molecule has 0 spiro atoms. The summed E-state index contributed by atoms with van der Waals surface area (Å²) in [6.45, 7) is 3.43. The second kappa shape index (κ2) is 7.31. The van der Waals surface area contributed by atoms with Crippen molar-refractivity contribution in [3.05, 3.63) is 35.4 Å². The molecular formula is C16H20F3NO3. The predicted molar refractivity (Wildman–Crippen MR) is 78.1 cm³/mol. The van der Waals surface area contributed by atoms with Crippen LogP contribution in [0.5, 0.6) is 0 Å². The molecule has 2 atom stereocenters. The Balaban J connectivity index is 1.94. The van der Waals surface area contributed by atoms with Crippen molar-refractivity contribution in [2.75, 3.05) is 19.8 Å². The summed E-state index contributed by atoms with van der Waals surface area (Å²) in [6, 6.07) is 6.44. The third-order valence-electron chi connectivity index (χ3n) is 3.60. The maximum atomic E-state index is 12.5. The molecule has 2 unspecified atom stereocenters. The molecule has 0 radical (unpaired) electrons. The van der Waals surface area contributed by atoms with Crippen LogP contribution in [0.15, 0.2) is 24.3 Å². The van der Waals surface area contributed by atoms with Crippen molar-refractivity contribution in [2.24, 2.45) is 0 Å². The van der Waals surface area contributed by atoms with Crippen LogP contribution >= 0.6 is 0 Å². The van der Waals surface area contributed by atoms with E-state index in [0.717, 1.165) is 0 Å². The highest BCUT2D eigenvalue weighted by Gasteiger charge is 2.28. The molecule has 1 amide bonds. The Labute approximate surface area is 133 Å². The summed E-state index contributed by atoms with van der Waals surface area (Å²) in [7, 11) is 0. The number of amides is 1. The number of ether oxygens (including phenoxy) is 2. The normalized spacial score (nSPS) is 22.2. The molecular weight excluding hydrogens is 311 g/mol. The van der Waals surface area contributed by atoms with E-state index in [-0.39, 0.29) is 24.7 Å². The molecule has 1 heterocycles. The lowest BCUT2D eigenvalue weighted by molar-refractivity contribution is -0.176. The number of carbonyl (C=O) groups is 1. The number of rotatable bonds is 4. The van der Waals surface area contributed by atoms with Gasteiger partial charge in [-0.15, -0.1) is 0 Å². The maximum Gasteiger partial charge on any atom is 0.411 e. The first kappa shape index (κ1) is 17.7. The Bertz CT molecular complexity index is 530. The first-order valence-electron chi connectivity index (χ1n) is 7.42. The number of nitrogens with zero attached hydrogens (tertiary/aromatic N) is 1. The highest BCUT2D eigenvalue weighted by molar-refractivity contribution is 5.94. The lowest BCUT2D eigenvalue weighted by Crippen LogP contribution is -2.50. The summed E-state index contributed by atoms with van der Waals surface area (Å²) in [5.74, 6) is -0.101. The molecule has 1 saturated heterocycles. The average molecular weight is 331 g/mol. The van der Waals surface area contributed by atoms with Gasteiger partial charge in [0, 0.05) is 12.1 Å². The lowest BCUT2D eigenvalue weighted by Gasteiger charge is -2.36. The molecule has 1 fully saturated rings. The van der Waals surface area contributed by atoms with E-state index in [2.05, 4.69) is 4.74 Å². The maximum absolute atomic E-state index is 12.5. The average Bonchev–Trinajstić information content (AvgIpc) is 2.48. The molecule has 4 nitrogen and oxygen atoms in total. The second-order valence-electron chi connectivity index (χ2n) is 5.76. The van der Waals surface area contributed by atoms with E-state index in [0.29, 0.717) is 24.3 Å². The minimum absolute atomic E-state index is 0.00602. The first-order chi connectivity index (χ1) is 10.8. The molecule has 0 bridgehead atoms. The Morgan fingerprint density at radius 2 is 1.96 bits per heavy atom. The fraction of sp³-hybridized carbons (Fsp3) is 0.562. The molecule has 1 aliphatic heterocycles. The van der Waals surface area contributed by atoms with Crippen LogP contribution in [0.2, 0.25) is 0 Å². The quantitative estimate of drug-likeness (QED) is 0.851. The van der Waals surface area contributed by atoms with Gasteiger partial charge in [0.05, 0.1) is 25.4 Å². The zero-order chi connectivity index (χ0) is 17.0. The predicted octanol–water partition coefficient (Wildman–Crippen LogP) is 3.01. The van der Waals surface area contributed by atoms with Crippen LogP contribution in [0.25, 0.3) is 0 Å². The SMILES string of the molecule is CC1CN(C(=O)c2ccc(COCC(F)(F)F)cc2)C(C)CO1. The summed E-state index contributed by atoms with van der Waals surface area (Å²) in [6.07, 6.45) is -4.34. The molecule has 0 aliphatic carbocycles. The summed E-state index contributed by atoms with van der Waals surface area (Å²) < 4.78 is 46.1. The van der Waals surface area contributed by atoms with Gasteiger partial charge in [0.2, 0.25) is 0 Å². The molecule has 0 saturated carbocycles. The van der Waals surface area contributed by atoms with Gasteiger partial charge < -0.3 is 14.4 Å². The highest BCUT2D eigenvalue weighted by atomic mass is 19.4. The number of carbonyl (C=O) groups excluding carboxylic acids is 1. The molecule has 1 aromatic rings. The van der Waals surface area contributed by atoms with Crippen LogP contribution in [0.4, 0.5) is 13.2 Å². The van der Waals surface area contributed by atoms with E-state index in [1.807, 2.05) is 13.8 Å². The highest BCUT2D eigenvalue weighted by Crippen LogP contribution is 2.18. The van der Waals surface area contributed by atoms with Crippen LogP contribution in [-0.2, 0) is 16.1 Å². The van der Waals surface area contributed by atoms with Crippen LogP contribution in [-0.4, -0.2) is 48.9 Å². The van der Waals surface area contributed by atoms with Crippen molar-refractivity contribution in [1.82, 2.24) is 4.90 Å². The number of halogens is 3. The molecule has 0 N–H and O–H groups in total. The van der Waals surface area contributed by atoms with Crippen molar-refractivity contribution >= 4 is 5.91 Å². The van der Waals surface area contributed by atoms with E-state index < -0.39 is 12.8 Å². The van der Waals surface area contributed by atoms with E-state index in [1.165, 1.54) is 0 Å². The zero-order valence-corrected chi connectivity index (χ0v) is 13.1. The van der Waals surface area contributed by atoms with Gasteiger partial charge in [0.1, 0.15) is 6.61 Å². The molecule has 1 aromatic carbocycles. The van der Waals surface area contributed by atoms with Gasteiger partial charge in [-0.3, -0.25) is 4.79 Å². The molecule has 0 aromatic heterocycles. The summed E-state index contributed by atoms with van der Waals surface area (Å²) in [5.41, 5.74) is 1.10. The number of alkyl halides is 3. The van der Waals surface area contributed by atoms with E-state index in [9.17, 15) is 18.0 Å². The fourth-order valence-corrected chi connectivity index (χ4v) is 2.38. The van der Waals surface area contributed by atoms with Crippen molar-refractivity contribution in [2.45, 2.75) is 38.8 Å². The van der Waals surface area contributed by atoms with Crippen molar-refractivity contribution in [1.29, 1.82) is 0 Å². The van der Waals surface area contributed by atoms with Gasteiger partial charge in [-0.05, 0) is 31.5 Å². The lowest BCUT2D eigenvalue weighted by atomic mass is 10.1. The van der Waals surface area contributed by atoms with Gasteiger partial charge in [0.15, 0.2) is 0 Å². The van der Waals surface area contributed by atoms with Gasteiger partial charge in [-0.2, -0.15) is 13.2 Å². The van der Waals surface area contributed by atoms with Gasteiger partial charge >= 0.3 is 6.18 Å². The number of benzene rings is 1. The minimum atomic E-state index is -4.33. The number of hydrogen-bond acceptors (Lipinski definition) is 3. The van der Waals surface area contributed by atoms with Gasteiger partial charge in [0.25, 0.3) is 5.91 Å². The van der Waals surface area contributed by atoms with Crippen molar-refractivity contribution in [3.63, 3.8) is 0 Å². The van der Waals surface area contributed by atoms with Crippen molar-refractivity contribution < 1.29 is 27.4 Å². The molecule has 7 heteroatoms. The summed E-state index contributed by atoms with van der Waals surface area (Å²) in [4.78, 5) is 14.3. The standard InChI is InChI=1S/C16H20F3NO3/c1-11-8-23-12(2)7-20(11)15(21)14-5-3-13(4-6-14)9-22-10-16(17,18)19/h3-6,11-12H,7-10H2,1-2H3. The summed E-state index contributed by atoms with van der Waals surface area (Å²) in [5, 5.41) is 0. The Morgan fingerprint density at radius 1 is 1.30 bits per heavy atom. The largest absolute Gasteiger partial charge is 0.411 e. The van der Waals surface area contributed by atoms with E-state index in [4.69, 9.17) is 4.74 Å². The van der Waals surface area contributed by atoms with Gasteiger partial charge in [-0.1, -0.05) is 12.1 Å². The summed E-state index contributed by atoms with van der Waals surface area (Å²) >= 11 is 0. The van der Waals surface area contributed by atoms with Crippen LogP contribution in [0.3, 0.4) is 0 Å². The molecule has 2 rings (SSSR count). The Hall–Kier alpha value is -1.60.